The maximum Gasteiger partial charge on any atom is 0.375 e. The van der Waals surface area contributed by atoms with Gasteiger partial charge in [-0.3, -0.25) is 4.79 Å². The van der Waals surface area contributed by atoms with Crippen molar-refractivity contribution in [1.82, 2.24) is 0 Å². The largest absolute Gasteiger partial charge is 0.497 e. The summed E-state index contributed by atoms with van der Waals surface area (Å²) in [5, 5.41) is 3.44. The highest BCUT2D eigenvalue weighted by Crippen LogP contribution is 2.29. The molecule has 7 nitrogen and oxygen atoms in total. The van der Waals surface area contributed by atoms with Crippen LogP contribution >= 0.6 is 0 Å². The van der Waals surface area contributed by atoms with Crippen molar-refractivity contribution >= 4 is 28.5 Å². The number of esters is 1. The minimum Gasteiger partial charge on any atom is -0.497 e. The summed E-state index contributed by atoms with van der Waals surface area (Å²) in [6, 6.07) is 12.1. The van der Waals surface area contributed by atoms with E-state index >= 15 is 0 Å². The molecule has 1 aromatic heterocycles. The summed E-state index contributed by atoms with van der Waals surface area (Å²) in [6.07, 6.45) is -1.01. The van der Waals surface area contributed by atoms with Crippen molar-refractivity contribution < 1.29 is 28.2 Å². The summed E-state index contributed by atoms with van der Waals surface area (Å²) >= 11 is 0. The lowest BCUT2D eigenvalue weighted by Crippen LogP contribution is -2.30. The number of hydrogen-bond acceptors (Lipinski definition) is 6. The van der Waals surface area contributed by atoms with E-state index in [1.165, 1.54) is 14.0 Å². The summed E-state index contributed by atoms with van der Waals surface area (Å²) in [5.74, 6) is 0.153. The normalized spacial score (nSPS) is 11.7. The summed E-state index contributed by atoms with van der Waals surface area (Å²) in [7, 11) is 3.10. The van der Waals surface area contributed by atoms with E-state index in [1.54, 1.807) is 56.5 Å². The smallest absolute Gasteiger partial charge is 0.375 e. The van der Waals surface area contributed by atoms with Gasteiger partial charge in [-0.2, -0.15) is 0 Å². The highest BCUT2D eigenvalue weighted by Gasteiger charge is 2.24. The molecule has 0 unspecified atom stereocenters. The van der Waals surface area contributed by atoms with Crippen LogP contribution in [-0.4, -0.2) is 32.2 Å². The van der Waals surface area contributed by atoms with E-state index in [2.05, 4.69) is 5.32 Å². The van der Waals surface area contributed by atoms with E-state index in [4.69, 9.17) is 18.6 Å². The Labute approximate surface area is 162 Å². The Hall–Kier alpha value is -3.48. The van der Waals surface area contributed by atoms with Crippen LogP contribution in [0.25, 0.3) is 11.0 Å². The van der Waals surface area contributed by atoms with Crippen LogP contribution in [-0.2, 0) is 9.53 Å². The SMILES string of the molecule is COc1cccc(NC(=O)[C@H](C)OC(=O)c2oc3ccc(OC)cc3c2C)c1. The number of methoxy groups -OCH3 is 2. The molecule has 1 heterocycles. The molecule has 0 spiro atoms. The second kappa shape index (κ2) is 8.04. The number of anilines is 1. The average Bonchev–Trinajstić information content (AvgIpc) is 3.04. The Kier molecular flexibility index (Phi) is 5.54. The van der Waals surface area contributed by atoms with Gasteiger partial charge in [0.05, 0.1) is 14.2 Å². The molecule has 0 saturated carbocycles. The molecule has 0 aliphatic rings. The second-order valence-corrected chi connectivity index (χ2v) is 6.19. The van der Waals surface area contributed by atoms with Crippen LogP contribution in [0.2, 0.25) is 0 Å². The molecule has 3 aromatic rings. The summed E-state index contributed by atoms with van der Waals surface area (Å²) < 4.78 is 21.2. The van der Waals surface area contributed by atoms with Crippen LogP contribution < -0.4 is 14.8 Å². The van der Waals surface area contributed by atoms with Gasteiger partial charge in [0, 0.05) is 22.7 Å². The van der Waals surface area contributed by atoms with Gasteiger partial charge in [0.15, 0.2) is 6.10 Å². The lowest BCUT2D eigenvalue weighted by molar-refractivity contribution is -0.123. The van der Waals surface area contributed by atoms with E-state index in [1.807, 2.05) is 0 Å². The van der Waals surface area contributed by atoms with Gasteiger partial charge < -0.3 is 23.9 Å². The van der Waals surface area contributed by atoms with Gasteiger partial charge in [-0.15, -0.1) is 0 Å². The average molecular weight is 383 g/mol. The zero-order chi connectivity index (χ0) is 20.3. The van der Waals surface area contributed by atoms with Gasteiger partial charge in [0.25, 0.3) is 5.91 Å². The summed E-state index contributed by atoms with van der Waals surface area (Å²) in [4.78, 5) is 24.9. The van der Waals surface area contributed by atoms with Crippen LogP contribution in [0.3, 0.4) is 0 Å². The molecular weight excluding hydrogens is 362 g/mol. The Morgan fingerprint density at radius 1 is 1.04 bits per heavy atom. The second-order valence-electron chi connectivity index (χ2n) is 6.19. The molecular formula is C21H21NO6. The van der Waals surface area contributed by atoms with Gasteiger partial charge in [-0.05, 0) is 44.2 Å². The zero-order valence-electron chi connectivity index (χ0n) is 16.1. The number of fused-ring (bicyclic) bond motifs is 1. The standard InChI is InChI=1S/C21H21NO6/c1-12-17-11-16(26-4)8-9-18(17)28-19(12)21(24)27-13(2)20(23)22-14-6-5-7-15(10-14)25-3/h5-11,13H,1-4H3,(H,22,23)/t13-/m0/s1. The van der Waals surface area contributed by atoms with Crippen molar-refractivity contribution in [3.05, 3.63) is 53.8 Å². The Balaban J connectivity index is 1.72. The maximum atomic E-state index is 12.5. The Morgan fingerprint density at radius 2 is 1.75 bits per heavy atom. The molecule has 146 valence electrons. The predicted molar refractivity (Wildman–Crippen MR) is 104 cm³/mol. The number of amides is 1. The lowest BCUT2D eigenvalue weighted by atomic mass is 10.1. The van der Waals surface area contributed by atoms with Crippen LogP contribution in [0.1, 0.15) is 23.0 Å². The van der Waals surface area contributed by atoms with Crippen molar-refractivity contribution in [3.8, 4) is 11.5 Å². The minimum atomic E-state index is -1.01. The maximum absolute atomic E-state index is 12.5. The molecule has 1 N–H and O–H groups in total. The third-order valence-electron chi connectivity index (χ3n) is 4.32. The molecule has 7 heteroatoms. The zero-order valence-corrected chi connectivity index (χ0v) is 16.1. The first-order valence-corrected chi connectivity index (χ1v) is 8.66. The predicted octanol–water partition coefficient (Wildman–Crippen LogP) is 3.94. The van der Waals surface area contributed by atoms with Crippen LogP contribution in [0.4, 0.5) is 5.69 Å². The first kappa shape index (κ1) is 19.3. The van der Waals surface area contributed by atoms with Gasteiger partial charge in [0.1, 0.15) is 17.1 Å². The highest BCUT2D eigenvalue weighted by molar-refractivity contribution is 5.99. The molecule has 0 aliphatic carbocycles. The molecule has 3 rings (SSSR count). The molecule has 0 saturated heterocycles. The minimum absolute atomic E-state index is 0.0595. The fraction of sp³-hybridized carbons (Fsp3) is 0.238. The van der Waals surface area contributed by atoms with Crippen molar-refractivity contribution in [2.24, 2.45) is 0 Å². The summed E-state index contributed by atoms with van der Waals surface area (Å²) in [5.41, 5.74) is 1.71. The van der Waals surface area contributed by atoms with Crippen molar-refractivity contribution in [2.45, 2.75) is 20.0 Å². The van der Waals surface area contributed by atoms with Gasteiger partial charge in [-0.25, -0.2) is 4.79 Å². The number of benzene rings is 2. The van der Waals surface area contributed by atoms with Crippen LogP contribution in [0.5, 0.6) is 11.5 Å². The number of hydrogen-bond donors (Lipinski definition) is 1. The lowest BCUT2D eigenvalue weighted by Gasteiger charge is -2.13. The Morgan fingerprint density at radius 3 is 2.46 bits per heavy atom. The number of carbonyl (C=O) groups is 2. The van der Waals surface area contributed by atoms with E-state index in [0.717, 1.165) is 5.39 Å². The number of furan rings is 1. The highest BCUT2D eigenvalue weighted by atomic mass is 16.6. The molecule has 28 heavy (non-hydrogen) atoms. The molecule has 0 bridgehead atoms. The van der Waals surface area contributed by atoms with E-state index in [-0.39, 0.29) is 5.76 Å². The number of ether oxygens (including phenoxy) is 3. The van der Waals surface area contributed by atoms with Crippen molar-refractivity contribution in [3.63, 3.8) is 0 Å². The first-order chi connectivity index (χ1) is 13.4. The quantitative estimate of drug-likeness (QED) is 0.649. The van der Waals surface area contributed by atoms with E-state index in [9.17, 15) is 9.59 Å². The van der Waals surface area contributed by atoms with Crippen LogP contribution in [0.15, 0.2) is 46.9 Å². The number of nitrogens with one attached hydrogen (secondary N) is 1. The topological polar surface area (TPSA) is 87.0 Å². The third-order valence-corrected chi connectivity index (χ3v) is 4.32. The monoisotopic (exact) mass is 383 g/mol. The fourth-order valence-corrected chi connectivity index (χ4v) is 2.73. The molecule has 0 aliphatic heterocycles. The molecule has 2 aromatic carbocycles. The van der Waals surface area contributed by atoms with Crippen molar-refractivity contribution in [1.29, 1.82) is 0 Å². The number of carbonyl (C=O) groups excluding carboxylic acids is 2. The van der Waals surface area contributed by atoms with Gasteiger partial charge in [-0.1, -0.05) is 6.07 Å². The summed E-state index contributed by atoms with van der Waals surface area (Å²) in [6.45, 7) is 3.25. The third kappa shape index (κ3) is 3.93. The molecule has 0 fully saturated rings. The van der Waals surface area contributed by atoms with Gasteiger partial charge >= 0.3 is 5.97 Å². The number of rotatable bonds is 6. The fourth-order valence-electron chi connectivity index (χ4n) is 2.73. The van der Waals surface area contributed by atoms with Crippen molar-refractivity contribution in [2.75, 3.05) is 19.5 Å². The number of aryl methyl sites for hydroxylation is 1. The molecule has 1 amide bonds. The van der Waals surface area contributed by atoms with E-state index in [0.29, 0.717) is 28.3 Å². The van der Waals surface area contributed by atoms with E-state index < -0.39 is 18.0 Å². The molecule has 0 radical (unpaired) electrons. The Bertz CT molecular complexity index is 1020. The first-order valence-electron chi connectivity index (χ1n) is 8.66. The molecule has 1 atom stereocenters. The van der Waals surface area contributed by atoms with Gasteiger partial charge in [0.2, 0.25) is 5.76 Å². The van der Waals surface area contributed by atoms with Crippen LogP contribution in [0, 0.1) is 6.92 Å².